The number of furan rings is 1. The maximum absolute atomic E-state index is 6.30. The van der Waals surface area contributed by atoms with E-state index in [1.54, 1.807) is 6.20 Å². The molecule has 0 saturated carbocycles. The summed E-state index contributed by atoms with van der Waals surface area (Å²) in [6.45, 7) is 4.86. The van der Waals surface area contributed by atoms with E-state index in [0.29, 0.717) is 0 Å². The van der Waals surface area contributed by atoms with Crippen molar-refractivity contribution in [3.8, 4) is 0 Å². The molecule has 2 unspecified atom stereocenters. The van der Waals surface area contributed by atoms with E-state index in [1.807, 2.05) is 31.3 Å². The fourth-order valence-electron chi connectivity index (χ4n) is 2.47. The maximum Gasteiger partial charge on any atom is 0.122 e. The van der Waals surface area contributed by atoms with E-state index in [4.69, 9.17) is 10.2 Å². The smallest absolute Gasteiger partial charge is 0.122 e. The number of likely N-dealkylation sites (N-methyl/N-ethyl adjacent to an activating group) is 1. The minimum atomic E-state index is 0.0437. The van der Waals surface area contributed by atoms with Crippen LogP contribution in [0.25, 0.3) is 0 Å². The number of nitrogens with two attached hydrogens (primary N) is 1. The lowest BCUT2D eigenvalue weighted by molar-refractivity contribution is 0.174. The Labute approximate surface area is 120 Å². The number of nitrogens with zero attached hydrogens (tertiary/aromatic N) is 2. The molecule has 0 fully saturated rings. The van der Waals surface area contributed by atoms with Gasteiger partial charge < -0.3 is 10.2 Å². The van der Waals surface area contributed by atoms with Gasteiger partial charge in [-0.2, -0.15) is 0 Å². The van der Waals surface area contributed by atoms with Gasteiger partial charge in [-0.15, -0.1) is 0 Å². The van der Waals surface area contributed by atoms with Gasteiger partial charge in [0.05, 0.1) is 6.04 Å². The van der Waals surface area contributed by atoms with Gasteiger partial charge in [0, 0.05) is 25.0 Å². The fourth-order valence-corrected chi connectivity index (χ4v) is 2.47. The number of hydrogen-bond acceptors (Lipinski definition) is 4. The van der Waals surface area contributed by atoms with Gasteiger partial charge in [-0.3, -0.25) is 9.88 Å². The molecule has 2 N–H and O–H groups in total. The Kier molecular flexibility index (Phi) is 4.93. The minimum absolute atomic E-state index is 0.0437. The molecule has 0 aromatic carbocycles. The minimum Gasteiger partial charge on any atom is -0.465 e. The van der Waals surface area contributed by atoms with E-state index >= 15 is 0 Å². The Bertz CT molecular complexity index is 524. The van der Waals surface area contributed by atoms with Crippen molar-refractivity contribution in [2.24, 2.45) is 5.73 Å². The normalized spacial score (nSPS) is 14.4. The largest absolute Gasteiger partial charge is 0.465 e. The number of pyridine rings is 1. The summed E-state index contributed by atoms with van der Waals surface area (Å²) in [6, 6.07) is 8.16. The molecule has 2 atom stereocenters. The van der Waals surface area contributed by atoms with Crippen LogP contribution >= 0.6 is 0 Å². The van der Waals surface area contributed by atoms with Crippen molar-refractivity contribution in [2.75, 3.05) is 7.05 Å². The summed E-state index contributed by atoms with van der Waals surface area (Å²) in [5.74, 6) is 1.85. The molecule has 0 aliphatic heterocycles. The van der Waals surface area contributed by atoms with Crippen LogP contribution < -0.4 is 5.73 Å². The molecule has 0 amide bonds. The van der Waals surface area contributed by atoms with Crippen LogP contribution in [-0.2, 0) is 6.54 Å². The van der Waals surface area contributed by atoms with Gasteiger partial charge in [0.1, 0.15) is 11.5 Å². The van der Waals surface area contributed by atoms with E-state index in [2.05, 4.69) is 29.9 Å². The molecule has 0 bridgehead atoms. The number of rotatable bonds is 6. The van der Waals surface area contributed by atoms with Crippen molar-refractivity contribution in [3.63, 3.8) is 0 Å². The van der Waals surface area contributed by atoms with Crippen LogP contribution in [0.2, 0.25) is 0 Å². The molecule has 0 saturated heterocycles. The molecule has 20 heavy (non-hydrogen) atoms. The van der Waals surface area contributed by atoms with Gasteiger partial charge in [0.2, 0.25) is 0 Å². The summed E-state index contributed by atoms with van der Waals surface area (Å²) in [4.78, 5) is 6.38. The molecule has 0 radical (unpaired) electrons. The molecule has 2 rings (SSSR count). The van der Waals surface area contributed by atoms with Crippen molar-refractivity contribution in [2.45, 2.75) is 38.9 Å². The van der Waals surface area contributed by atoms with Crippen LogP contribution in [0.15, 0.2) is 41.1 Å². The first-order valence-corrected chi connectivity index (χ1v) is 7.03. The van der Waals surface area contributed by atoms with Crippen LogP contribution in [0, 0.1) is 6.92 Å². The predicted molar refractivity (Wildman–Crippen MR) is 80.2 cm³/mol. The molecule has 2 heterocycles. The lowest BCUT2D eigenvalue weighted by atomic mass is 10.0. The van der Waals surface area contributed by atoms with Gasteiger partial charge in [0.25, 0.3) is 0 Å². The zero-order valence-electron chi connectivity index (χ0n) is 12.4. The lowest BCUT2D eigenvalue weighted by Gasteiger charge is -2.30. The van der Waals surface area contributed by atoms with Gasteiger partial charge in [-0.05, 0) is 44.2 Å². The topological polar surface area (TPSA) is 55.3 Å². The van der Waals surface area contributed by atoms with Gasteiger partial charge in [-0.1, -0.05) is 13.0 Å². The third kappa shape index (κ3) is 3.46. The summed E-state index contributed by atoms with van der Waals surface area (Å²) >= 11 is 0. The molecule has 0 aliphatic carbocycles. The molecular weight excluding hydrogens is 250 g/mol. The Morgan fingerprint density at radius 1 is 1.35 bits per heavy atom. The van der Waals surface area contributed by atoms with Gasteiger partial charge in [-0.25, -0.2) is 0 Å². The Morgan fingerprint density at radius 3 is 2.70 bits per heavy atom. The highest BCUT2D eigenvalue weighted by molar-refractivity contribution is 5.14. The van der Waals surface area contributed by atoms with Crippen molar-refractivity contribution >= 4 is 0 Å². The molecule has 2 aromatic rings. The van der Waals surface area contributed by atoms with Crippen molar-refractivity contribution in [1.29, 1.82) is 0 Å². The van der Waals surface area contributed by atoms with Crippen LogP contribution in [0.5, 0.6) is 0 Å². The summed E-state index contributed by atoms with van der Waals surface area (Å²) < 4.78 is 5.79. The molecule has 2 aromatic heterocycles. The molecule has 108 valence electrons. The number of aryl methyl sites for hydroxylation is 1. The first kappa shape index (κ1) is 14.8. The quantitative estimate of drug-likeness (QED) is 0.879. The third-order valence-electron chi connectivity index (χ3n) is 3.56. The second kappa shape index (κ2) is 6.68. The van der Waals surface area contributed by atoms with Gasteiger partial charge >= 0.3 is 0 Å². The SMILES string of the molecule is CCC(N)C(c1ccc(C)o1)N(C)Cc1cccnc1. The molecule has 4 heteroatoms. The first-order valence-electron chi connectivity index (χ1n) is 7.03. The van der Waals surface area contributed by atoms with Crippen LogP contribution in [0.1, 0.15) is 36.5 Å². The van der Waals surface area contributed by atoms with Crippen LogP contribution in [0.3, 0.4) is 0 Å². The highest BCUT2D eigenvalue weighted by Crippen LogP contribution is 2.26. The monoisotopic (exact) mass is 273 g/mol. The van der Waals surface area contributed by atoms with Gasteiger partial charge in [0.15, 0.2) is 0 Å². The van der Waals surface area contributed by atoms with E-state index in [1.165, 1.54) is 5.56 Å². The van der Waals surface area contributed by atoms with E-state index in [0.717, 1.165) is 24.5 Å². The summed E-state index contributed by atoms with van der Waals surface area (Å²) in [6.07, 6.45) is 4.58. The zero-order chi connectivity index (χ0) is 14.5. The van der Waals surface area contributed by atoms with Crippen LogP contribution in [-0.4, -0.2) is 23.0 Å². The summed E-state index contributed by atoms with van der Waals surface area (Å²) in [5, 5.41) is 0. The maximum atomic E-state index is 6.30. The molecule has 0 aliphatic rings. The van der Waals surface area contributed by atoms with E-state index in [-0.39, 0.29) is 12.1 Å². The highest BCUT2D eigenvalue weighted by atomic mass is 16.3. The van der Waals surface area contributed by atoms with E-state index in [9.17, 15) is 0 Å². The van der Waals surface area contributed by atoms with Crippen molar-refractivity contribution < 1.29 is 4.42 Å². The molecular formula is C16H23N3O. The average molecular weight is 273 g/mol. The number of aromatic nitrogens is 1. The standard InChI is InChI=1S/C16H23N3O/c1-4-14(17)16(15-8-7-12(2)20-15)19(3)11-13-6-5-9-18-10-13/h5-10,14,16H,4,11,17H2,1-3H3. The lowest BCUT2D eigenvalue weighted by Crippen LogP contribution is -2.38. The molecule has 0 spiro atoms. The third-order valence-corrected chi connectivity index (χ3v) is 3.56. The fraction of sp³-hybridized carbons (Fsp3) is 0.438. The Morgan fingerprint density at radius 2 is 2.15 bits per heavy atom. The summed E-state index contributed by atoms with van der Waals surface area (Å²) in [7, 11) is 2.07. The highest BCUT2D eigenvalue weighted by Gasteiger charge is 2.26. The Hall–Kier alpha value is -1.65. The van der Waals surface area contributed by atoms with Crippen LogP contribution in [0.4, 0.5) is 0 Å². The number of hydrogen-bond donors (Lipinski definition) is 1. The summed E-state index contributed by atoms with van der Waals surface area (Å²) in [5.41, 5.74) is 7.47. The van der Waals surface area contributed by atoms with E-state index < -0.39 is 0 Å². The van der Waals surface area contributed by atoms with Crippen molar-refractivity contribution in [3.05, 3.63) is 53.7 Å². The first-order chi connectivity index (χ1) is 9.61. The van der Waals surface area contributed by atoms with Crippen molar-refractivity contribution in [1.82, 2.24) is 9.88 Å². The Balaban J connectivity index is 2.18. The molecule has 4 nitrogen and oxygen atoms in total. The zero-order valence-corrected chi connectivity index (χ0v) is 12.4. The second-order valence-electron chi connectivity index (χ2n) is 5.24. The average Bonchev–Trinajstić information content (AvgIpc) is 2.86. The predicted octanol–water partition coefficient (Wildman–Crippen LogP) is 2.89. The second-order valence-corrected chi connectivity index (χ2v) is 5.24.